The number of carbonyl (C=O) groups is 1. The van der Waals surface area contributed by atoms with E-state index in [0.29, 0.717) is 37.5 Å². The second-order valence-corrected chi connectivity index (χ2v) is 9.44. The lowest BCUT2D eigenvalue weighted by Crippen LogP contribution is -2.33. The number of nitrogens with zero attached hydrogens (tertiary/aromatic N) is 4. The van der Waals surface area contributed by atoms with Gasteiger partial charge in [-0.3, -0.25) is 14.4 Å². The van der Waals surface area contributed by atoms with Gasteiger partial charge in [0.1, 0.15) is 0 Å². The number of fused-ring (bicyclic) bond motifs is 2. The number of esters is 1. The molecule has 4 heterocycles. The number of ether oxygens (including phenoxy) is 1. The van der Waals surface area contributed by atoms with E-state index < -0.39 is 5.97 Å². The van der Waals surface area contributed by atoms with E-state index in [1.165, 1.54) is 4.88 Å². The number of aryl methyl sites for hydroxylation is 3. The molecule has 1 aliphatic rings. The van der Waals surface area contributed by atoms with Gasteiger partial charge >= 0.3 is 5.97 Å². The fraction of sp³-hybridized carbons (Fsp3) is 0.360. The van der Waals surface area contributed by atoms with Gasteiger partial charge in [0, 0.05) is 66.2 Å². The maximum Gasteiger partial charge on any atom is 0.359 e. The number of rotatable bonds is 7. The van der Waals surface area contributed by atoms with Crippen molar-refractivity contribution in [3.8, 4) is 0 Å². The molecular formula is C25H27N5O3S. The van der Waals surface area contributed by atoms with E-state index in [4.69, 9.17) is 4.74 Å². The van der Waals surface area contributed by atoms with Crippen LogP contribution in [-0.2, 0) is 37.2 Å². The summed E-state index contributed by atoms with van der Waals surface area (Å²) in [5.41, 5.74) is 6.74. The number of pyridine rings is 1. The Morgan fingerprint density at radius 1 is 1.29 bits per heavy atom. The number of hydrogen-bond donors (Lipinski definition) is 1. The van der Waals surface area contributed by atoms with E-state index in [1.54, 1.807) is 18.3 Å². The molecule has 176 valence electrons. The van der Waals surface area contributed by atoms with Crippen LogP contribution in [0.3, 0.4) is 0 Å². The Morgan fingerprint density at radius 3 is 2.94 bits per heavy atom. The molecule has 0 bridgehead atoms. The summed E-state index contributed by atoms with van der Waals surface area (Å²) in [6.07, 6.45) is 1.58. The molecule has 9 heteroatoms. The number of H-pyrrole nitrogens is 1. The van der Waals surface area contributed by atoms with Crippen LogP contribution in [0, 0.1) is 6.92 Å². The van der Waals surface area contributed by atoms with Gasteiger partial charge < -0.3 is 9.72 Å². The number of thiazole rings is 1. The van der Waals surface area contributed by atoms with Crippen molar-refractivity contribution >= 4 is 28.2 Å². The van der Waals surface area contributed by atoms with Crippen LogP contribution < -0.4 is 5.56 Å². The van der Waals surface area contributed by atoms with E-state index in [-0.39, 0.29) is 5.56 Å². The van der Waals surface area contributed by atoms with Crippen LogP contribution >= 0.6 is 11.3 Å². The molecule has 5 rings (SSSR count). The summed E-state index contributed by atoms with van der Waals surface area (Å²) in [6, 6.07) is 9.73. The summed E-state index contributed by atoms with van der Waals surface area (Å²) < 4.78 is 7.26. The lowest BCUT2D eigenvalue weighted by Gasteiger charge is -2.27. The van der Waals surface area contributed by atoms with Crippen LogP contribution in [0.1, 0.15) is 44.8 Å². The summed E-state index contributed by atoms with van der Waals surface area (Å²) >= 11 is 1.65. The average Bonchev–Trinajstić information content (AvgIpc) is 3.41. The Labute approximate surface area is 201 Å². The van der Waals surface area contributed by atoms with E-state index >= 15 is 0 Å². The Morgan fingerprint density at radius 2 is 2.15 bits per heavy atom. The predicted octanol–water partition coefficient (Wildman–Crippen LogP) is 3.47. The Bertz CT molecular complexity index is 1400. The molecule has 0 atom stereocenters. The Kier molecular flexibility index (Phi) is 6.30. The summed E-state index contributed by atoms with van der Waals surface area (Å²) in [5, 5.41) is 5.68. The molecule has 0 radical (unpaired) electrons. The first-order chi connectivity index (χ1) is 16.5. The molecule has 1 N–H and O–H groups in total. The third-order valence-electron chi connectivity index (χ3n) is 6.30. The maximum atomic E-state index is 12.7. The lowest BCUT2D eigenvalue weighted by molar-refractivity contribution is 0.0515. The largest absolute Gasteiger partial charge is 0.461 e. The normalized spacial score (nSPS) is 13.8. The van der Waals surface area contributed by atoms with Crippen molar-refractivity contribution in [3.63, 3.8) is 0 Å². The highest BCUT2D eigenvalue weighted by Gasteiger charge is 2.29. The molecular weight excluding hydrogens is 450 g/mol. The van der Waals surface area contributed by atoms with E-state index in [1.807, 2.05) is 47.4 Å². The highest BCUT2D eigenvalue weighted by molar-refractivity contribution is 7.09. The van der Waals surface area contributed by atoms with Gasteiger partial charge in [-0.05, 0) is 31.4 Å². The van der Waals surface area contributed by atoms with Crippen molar-refractivity contribution in [2.24, 2.45) is 0 Å². The number of aromatic amines is 1. The standard InChI is InChI=1S/C25H27N5O3S/c1-3-33-25(32)23-19-14-29(13-18-12-17-6-4-5-7-20(17)27-24(18)31)10-8-21(19)30(28-23)11-9-22-16(2)26-15-34-22/h4-7,12,15H,3,8-11,13-14H2,1-2H3,(H,27,31). The molecule has 4 aromatic rings. The summed E-state index contributed by atoms with van der Waals surface area (Å²) in [6.45, 7) is 6.65. The monoisotopic (exact) mass is 477 g/mol. The average molecular weight is 478 g/mol. The zero-order chi connectivity index (χ0) is 23.7. The van der Waals surface area contributed by atoms with Crippen molar-refractivity contribution in [2.75, 3.05) is 13.2 Å². The molecule has 1 aromatic carbocycles. The number of benzene rings is 1. The van der Waals surface area contributed by atoms with Crippen LogP contribution in [0.2, 0.25) is 0 Å². The van der Waals surface area contributed by atoms with E-state index in [9.17, 15) is 9.59 Å². The lowest BCUT2D eigenvalue weighted by atomic mass is 10.0. The van der Waals surface area contributed by atoms with Gasteiger partial charge in [-0.25, -0.2) is 9.78 Å². The Balaban J connectivity index is 1.40. The van der Waals surface area contributed by atoms with E-state index in [2.05, 4.69) is 20.0 Å². The third-order valence-corrected chi connectivity index (χ3v) is 7.30. The van der Waals surface area contributed by atoms with Gasteiger partial charge in [-0.15, -0.1) is 11.3 Å². The number of carbonyl (C=O) groups excluding carboxylic acids is 1. The zero-order valence-corrected chi connectivity index (χ0v) is 20.2. The maximum absolute atomic E-state index is 12.7. The summed E-state index contributed by atoms with van der Waals surface area (Å²) in [4.78, 5) is 36.1. The summed E-state index contributed by atoms with van der Waals surface area (Å²) in [5.74, 6) is -0.392. The predicted molar refractivity (Wildman–Crippen MR) is 131 cm³/mol. The highest BCUT2D eigenvalue weighted by atomic mass is 32.1. The quantitative estimate of drug-likeness (QED) is 0.410. The first-order valence-corrected chi connectivity index (χ1v) is 12.4. The van der Waals surface area contributed by atoms with Crippen molar-refractivity contribution in [3.05, 3.63) is 79.3 Å². The molecule has 0 saturated heterocycles. The van der Waals surface area contributed by atoms with Crippen molar-refractivity contribution in [2.45, 2.75) is 46.3 Å². The topological polar surface area (TPSA) is 93.1 Å². The zero-order valence-electron chi connectivity index (χ0n) is 19.3. The number of hydrogen-bond acceptors (Lipinski definition) is 7. The van der Waals surface area contributed by atoms with Crippen molar-refractivity contribution < 1.29 is 9.53 Å². The molecule has 0 spiro atoms. The Hall–Kier alpha value is -3.30. The highest BCUT2D eigenvalue weighted by Crippen LogP contribution is 2.26. The summed E-state index contributed by atoms with van der Waals surface area (Å²) in [7, 11) is 0. The minimum absolute atomic E-state index is 0.0780. The second-order valence-electron chi connectivity index (χ2n) is 8.50. The minimum atomic E-state index is -0.392. The van der Waals surface area contributed by atoms with Gasteiger partial charge in [0.15, 0.2) is 5.69 Å². The van der Waals surface area contributed by atoms with Gasteiger partial charge in [0.25, 0.3) is 5.56 Å². The molecule has 34 heavy (non-hydrogen) atoms. The van der Waals surface area contributed by atoms with Crippen LogP contribution in [0.15, 0.2) is 40.6 Å². The fourth-order valence-corrected chi connectivity index (χ4v) is 5.32. The molecule has 3 aromatic heterocycles. The number of para-hydroxylation sites is 1. The van der Waals surface area contributed by atoms with Crippen LogP contribution in [0.4, 0.5) is 0 Å². The molecule has 0 unspecified atom stereocenters. The first kappa shape index (κ1) is 22.5. The van der Waals surface area contributed by atoms with Crippen LogP contribution in [0.5, 0.6) is 0 Å². The smallest absolute Gasteiger partial charge is 0.359 e. The first-order valence-electron chi connectivity index (χ1n) is 11.5. The molecule has 0 amide bonds. The van der Waals surface area contributed by atoms with Crippen molar-refractivity contribution in [1.29, 1.82) is 0 Å². The van der Waals surface area contributed by atoms with Crippen LogP contribution in [0.25, 0.3) is 10.9 Å². The van der Waals surface area contributed by atoms with Crippen molar-refractivity contribution in [1.82, 2.24) is 24.6 Å². The molecule has 0 aliphatic carbocycles. The molecule has 0 saturated carbocycles. The van der Waals surface area contributed by atoms with E-state index in [0.717, 1.165) is 47.2 Å². The molecule has 1 aliphatic heterocycles. The minimum Gasteiger partial charge on any atom is -0.461 e. The molecule has 0 fully saturated rings. The molecule has 8 nitrogen and oxygen atoms in total. The number of aromatic nitrogens is 4. The van der Waals surface area contributed by atoms with Crippen LogP contribution in [-0.4, -0.2) is 43.8 Å². The van der Waals surface area contributed by atoms with Gasteiger partial charge in [-0.2, -0.15) is 5.10 Å². The fourth-order valence-electron chi connectivity index (χ4n) is 4.55. The van der Waals surface area contributed by atoms with Gasteiger partial charge in [0.2, 0.25) is 0 Å². The third kappa shape index (κ3) is 4.41. The van der Waals surface area contributed by atoms with Gasteiger partial charge in [-0.1, -0.05) is 18.2 Å². The number of nitrogens with one attached hydrogen (secondary N) is 1. The van der Waals surface area contributed by atoms with Gasteiger partial charge in [0.05, 0.1) is 17.8 Å². The SMILES string of the molecule is CCOC(=O)c1nn(CCc2scnc2C)c2c1CN(Cc1cc3ccccc3[nH]c1=O)CC2. The second kappa shape index (κ2) is 9.52.